The summed E-state index contributed by atoms with van der Waals surface area (Å²) in [6, 6.07) is 4.92. The molecule has 116 valence electrons. The molecule has 2 aromatic rings. The summed E-state index contributed by atoms with van der Waals surface area (Å²) >= 11 is 1.47. The molecule has 0 aliphatic carbocycles. The fourth-order valence-corrected chi connectivity index (χ4v) is 4.37. The van der Waals surface area contributed by atoms with Gasteiger partial charge >= 0.3 is 0 Å². The lowest BCUT2D eigenvalue weighted by Gasteiger charge is -2.33. The lowest BCUT2D eigenvalue weighted by molar-refractivity contribution is 0.0698. The van der Waals surface area contributed by atoms with Crippen LogP contribution in [-0.4, -0.2) is 54.7 Å². The molecule has 0 spiro atoms. The van der Waals surface area contributed by atoms with Crippen LogP contribution in [0.25, 0.3) is 0 Å². The average Bonchev–Trinajstić information content (AvgIpc) is 3.09. The molecule has 0 saturated carbocycles. The first kappa shape index (κ1) is 15.1. The Kier molecular flexibility index (Phi) is 4.23. The van der Waals surface area contributed by atoms with Crippen molar-refractivity contribution in [2.75, 3.05) is 26.2 Å². The van der Waals surface area contributed by atoms with Crippen LogP contribution in [0.2, 0.25) is 0 Å². The molecule has 0 unspecified atom stereocenters. The maximum Gasteiger partial charge on any atom is 0.254 e. The lowest BCUT2D eigenvalue weighted by Crippen LogP contribution is -2.50. The number of amides is 1. The minimum atomic E-state index is -3.53. The number of pyridine rings is 1. The topological polar surface area (TPSA) is 70.6 Å². The van der Waals surface area contributed by atoms with E-state index in [0.717, 1.165) is 0 Å². The molecule has 1 fully saturated rings. The SMILES string of the molecule is O=C(c1ccsc1)N1CCN(S(=O)(=O)c2cccnc2)CC1. The Morgan fingerprint density at radius 1 is 1.18 bits per heavy atom. The van der Waals surface area contributed by atoms with Crippen LogP contribution in [-0.2, 0) is 10.0 Å². The molecule has 1 aliphatic heterocycles. The zero-order valence-electron chi connectivity index (χ0n) is 11.8. The molecule has 6 nitrogen and oxygen atoms in total. The molecule has 3 heterocycles. The third kappa shape index (κ3) is 2.90. The second-order valence-corrected chi connectivity index (χ2v) is 7.62. The summed E-state index contributed by atoms with van der Waals surface area (Å²) in [5, 5.41) is 3.66. The minimum Gasteiger partial charge on any atom is -0.336 e. The number of rotatable bonds is 3. The monoisotopic (exact) mass is 337 g/mol. The molecule has 2 aromatic heterocycles. The average molecular weight is 337 g/mol. The first-order chi connectivity index (χ1) is 10.6. The van der Waals surface area contributed by atoms with Gasteiger partial charge in [0.05, 0.1) is 5.56 Å². The van der Waals surface area contributed by atoms with Crippen LogP contribution in [0.4, 0.5) is 0 Å². The predicted molar refractivity (Wildman–Crippen MR) is 83.2 cm³/mol. The molecule has 0 aromatic carbocycles. The van der Waals surface area contributed by atoms with Gasteiger partial charge in [0.1, 0.15) is 4.90 Å². The van der Waals surface area contributed by atoms with Crippen LogP contribution < -0.4 is 0 Å². The molecular weight excluding hydrogens is 322 g/mol. The van der Waals surface area contributed by atoms with Crippen LogP contribution in [0.3, 0.4) is 0 Å². The quantitative estimate of drug-likeness (QED) is 0.846. The number of nitrogens with zero attached hydrogens (tertiary/aromatic N) is 3. The number of aromatic nitrogens is 1. The van der Waals surface area contributed by atoms with Crippen LogP contribution >= 0.6 is 11.3 Å². The summed E-state index contributed by atoms with van der Waals surface area (Å²) < 4.78 is 26.4. The molecule has 1 saturated heterocycles. The van der Waals surface area contributed by atoms with Gasteiger partial charge in [0, 0.05) is 44.0 Å². The summed E-state index contributed by atoms with van der Waals surface area (Å²) in [6.45, 7) is 1.39. The van der Waals surface area contributed by atoms with Crippen molar-refractivity contribution in [1.29, 1.82) is 0 Å². The maximum absolute atomic E-state index is 12.5. The highest BCUT2D eigenvalue weighted by Crippen LogP contribution is 2.18. The molecule has 8 heteroatoms. The zero-order chi connectivity index (χ0) is 15.6. The number of hydrogen-bond donors (Lipinski definition) is 0. The van der Waals surface area contributed by atoms with Crippen molar-refractivity contribution in [2.24, 2.45) is 0 Å². The van der Waals surface area contributed by atoms with Crippen molar-refractivity contribution in [3.05, 3.63) is 46.9 Å². The van der Waals surface area contributed by atoms with E-state index >= 15 is 0 Å². The highest BCUT2D eigenvalue weighted by molar-refractivity contribution is 7.89. The van der Waals surface area contributed by atoms with E-state index in [4.69, 9.17) is 0 Å². The van der Waals surface area contributed by atoms with Gasteiger partial charge in [-0.1, -0.05) is 0 Å². The second-order valence-electron chi connectivity index (χ2n) is 4.90. The van der Waals surface area contributed by atoms with Crippen molar-refractivity contribution < 1.29 is 13.2 Å². The molecule has 0 bridgehead atoms. The number of carbonyl (C=O) groups is 1. The minimum absolute atomic E-state index is 0.0420. The summed E-state index contributed by atoms with van der Waals surface area (Å²) in [6.07, 6.45) is 2.88. The van der Waals surface area contributed by atoms with Crippen molar-refractivity contribution in [1.82, 2.24) is 14.2 Å². The van der Waals surface area contributed by atoms with Gasteiger partial charge in [0.2, 0.25) is 10.0 Å². The molecule has 22 heavy (non-hydrogen) atoms. The van der Waals surface area contributed by atoms with Crippen LogP contribution in [0.15, 0.2) is 46.2 Å². The number of sulfonamides is 1. The van der Waals surface area contributed by atoms with E-state index in [1.165, 1.54) is 34.1 Å². The van der Waals surface area contributed by atoms with Gasteiger partial charge in [-0.2, -0.15) is 15.6 Å². The van der Waals surface area contributed by atoms with Gasteiger partial charge in [-0.15, -0.1) is 0 Å². The molecular formula is C14H15N3O3S2. The van der Waals surface area contributed by atoms with E-state index < -0.39 is 10.0 Å². The van der Waals surface area contributed by atoms with Gasteiger partial charge in [-0.05, 0) is 23.6 Å². The highest BCUT2D eigenvalue weighted by Gasteiger charge is 2.30. The first-order valence-corrected chi connectivity index (χ1v) is 9.19. The van der Waals surface area contributed by atoms with Gasteiger partial charge in [0.25, 0.3) is 5.91 Å². The van der Waals surface area contributed by atoms with Gasteiger partial charge < -0.3 is 4.90 Å². The van der Waals surface area contributed by atoms with E-state index in [1.54, 1.807) is 22.4 Å². The Labute approximate surface area is 133 Å². The number of hydrogen-bond acceptors (Lipinski definition) is 5. The van der Waals surface area contributed by atoms with Crippen LogP contribution in [0.5, 0.6) is 0 Å². The smallest absolute Gasteiger partial charge is 0.254 e. The van der Waals surface area contributed by atoms with E-state index in [2.05, 4.69) is 4.98 Å². The molecule has 0 atom stereocenters. The highest BCUT2D eigenvalue weighted by atomic mass is 32.2. The van der Waals surface area contributed by atoms with E-state index in [1.807, 2.05) is 5.38 Å². The first-order valence-electron chi connectivity index (χ1n) is 6.81. The van der Waals surface area contributed by atoms with E-state index in [0.29, 0.717) is 31.7 Å². The molecule has 1 aliphatic rings. The Morgan fingerprint density at radius 2 is 1.95 bits per heavy atom. The van der Waals surface area contributed by atoms with Crippen LogP contribution in [0.1, 0.15) is 10.4 Å². The molecule has 3 rings (SSSR count). The predicted octanol–water partition coefficient (Wildman–Crippen LogP) is 1.29. The maximum atomic E-state index is 12.5. The Balaban J connectivity index is 1.68. The van der Waals surface area contributed by atoms with Crippen molar-refractivity contribution in [2.45, 2.75) is 4.90 Å². The number of carbonyl (C=O) groups excluding carboxylic acids is 1. The van der Waals surface area contributed by atoms with E-state index in [9.17, 15) is 13.2 Å². The lowest BCUT2D eigenvalue weighted by atomic mass is 10.2. The molecule has 1 amide bonds. The van der Waals surface area contributed by atoms with Gasteiger partial charge in [-0.3, -0.25) is 9.78 Å². The Morgan fingerprint density at radius 3 is 2.55 bits per heavy atom. The van der Waals surface area contributed by atoms with Crippen molar-refractivity contribution in [3.8, 4) is 0 Å². The van der Waals surface area contributed by atoms with E-state index in [-0.39, 0.29) is 10.8 Å². The normalized spacial score (nSPS) is 16.6. The summed E-state index contributed by atoms with van der Waals surface area (Å²) in [5.74, 6) is -0.0420. The summed E-state index contributed by atoms with van der Waals surface area (Å²) in [5.41, 5.74) is 0.661. The Hall–Kier alpha value is -1.77. The Bertz CT molecular complexity index is 737. The molecule has 0 N–H and O–H groups in total. The summed E-state index contributed by atoms with van der Waals surface area (Å²) in [7, 11) is -3.53. The number of piperazine rings is 1. The van der Waals surface area contributed by atoms with Gasteiger partial charge in [0.15, 0.2) is 0 Å². The number of thiophene rings is 1. The van der Waals surface area contributed by atoms with Crippen molar-refractivity contribution in [3.63, 3.8) is 0 Å². The van der Waals surface area contributed by atoms with Gasteiger partial charge in [-0.25, -0.2) is 8.42 Å². The van der Waals surface area contributed by atoms with Crippen LogP contribution in [0, 0.1) is 0 Å². The fraction of sp³-hybridized carbons (Fsp3) is 0.286. The zero-order valence-corrected chi connectivity index (χ0v) is 13.4. The summed E-state index contributed by atoms with van der Waals surface area (Å²) in [4.78, 5) is 18.0. The largest absolute Gasteiger partial charge is 0.336 e. The molecule has 0 radical (unpaired) electrons. The third-order valence-corrected chi connectivity index (χ3v) is 6.13. The fourth-order valence-electron chi connectivity index (χ4n) is 2.35. The third-order valence-electron chi connectivity index (χ3n) is 3.57. The second kappa shape index (κ2) is 6.15. The van der Waals surface area contributed by atoms with Crippen molar-refractivity contribution >= 4 is 27.3 Å². The standard InChI is InChI=1S/C14H15N3O3S2/c18-14(12-3-9-21-11-12)16-5-7-17(8-6-16)22(19,20)13-2-1-4-15-10-13/h1-4,9-11H,5-8H2.